The fourth-order valence-electron chi connectivity index (χ4n) is 6.19. The van der Waals surface area contributed by atoms with Crippen LogP contribution in [0.4, 0.5) is 17.5 Å². The molecule has 3 aromatic heterocycles. The van der Waals surface area contributed by atoms with Gasteiger partial charge in [-0.05, 0) is 50.1 Å². The van der Waals surface area contributed by atoms with Gasteiger partial charge in [0.05, 0.1) is 28.0 Å². The van der Waals surface area contributed by atoms with Gasteiger partial charge in [-0.25, -0.2) is 15.0 Å². The number of hydrogen-bond acceptors (Lipinski definition) is 8. The van der Waals surface area contributed by atoms with Crippen LogP contribution < -0.4 is 10.2 Å². The van der Waals surface area contributed by atoms with Crippen LogP contribution in [0.1, 0.15) is 40.6 Å². The molecule has 1 saturated carbocycles. The number of amides is 1. The second-order valence-electron chi connectivity index (χ2n) is 11.2. The number of anilines is 3. The average Bonchev–Trinajstić information content (AvgIpc) is 3.44. The Hall–Kier alpha value is -3.04. The van der Waals surface area contributed by atoms with Crippen LogP contribution in [-0.2, 0) is 5.41 Å². The zero-order valence-corrected chi connectivity index (χ0v) is 21.9. The monoisotopic (exact) mass is 501 g/mol. The molecule has 3 aromatic rings. The Morgan fingerprint density at radius 2 is 1.89 bits per heavy atom. The summed E-state index contributed by atoms with van der Waals surface area (Å²) >= 11 is 1.73. The van der Waals surface area contributed by atoms with Crippen molar-refractivity contribution in [3.63, 3.8) is 0 Å². The molecule has 0 bridgehead atoms. The van der Waals surface area contributed by atoms with E-state index >= 15 is 0 Å². The highest BCUT2D eigenvalue weighted by molar-refractivity contribution is 7.16. The number of carbonyl (C=O) groups excluding carboxylic acids is 1. The van der Waals surface area contributed by atoms with Gasteiger partial charge in [-0.15, -0.1) is 11.3 Å². The van der Waals surface area contributed by atoms with Crippen molar-refractivity contribution in [1.29, 1.82) is 0 Å². The van der Waals surface area contributed by atoms with Crippen LogP contribution in [-0.4, -0.2) is 77.0 Å². The van der Waals surface area contributed by atoms with E-state index in [2.05, 4.69) is 38.1 Å². The van der Waals surface area contributed by atoms with E-state index in [0.29, 0.717) is 11.4 Å². The Balaban J connectivity index is 1.08. The van der Waals surface area contributed by atoms with Crippen molar-refractivity contribution in [1.82, 2.24) is 24.8 Å². The van der Waals surface area contributed by atoms with Crippen LogP contribution in [0.2, 0.25) is 0 Å². The van der Waals surface area contributed by atoms with Gasteiger partial charge in [-0.1, -0.05) is 6.92 Å². The van der Waals surface area contributed by atoms with E-state index in [-0.39, 0.29) is 11.3 Å². The molecule has 36 heavy (non-hydrogen) atoms. The van der Waals surface area contributed by atoms with Crippen LogP contribution in [0.25, 0.3) is 10.6 Å². The molecule has 1 aliphatic carbocycles. The van der Waals surface area contributed by atoms with Crippen LogP contribution in [0.3, 0.4) is 0 Å². The molecule has 0 aromatic carbocycles. The van der Waals surface area contributed by atoms with E-state index in [1.165, 1.54) is 23.7 Å². The van der Waals surface area contributed by atoms with Crippen LogP contribution in [0, 0.1) is 12.3 Å². The van der Waals surface area contributed by atoms with Crippen molar-refractivity contribution >= 4 is 34.7 Å². The van der Waals surface area contributed by atoms with Crippen molar-refractivity contribution in [3.05, 3.63) is 46.6 Å². The van der Waals surface area contributed by atoms with Crippen LogP contribution in [0.15, 0.2) is 30.6 Å². The highest BCUT2D eigenvalue weighted by atomic mass is 32.1. The largest absolute Gasteiger partial charge is 0.369 e. The SMILES string of the molecule is CCN1CC2(C1)CN(c1ccc(Nc3ncc(C)c(-c4cc5c(s4)C4(CC4)CN(C)C5=O)n3)nc1)C2. The van der Waals surface area contributed by atoms with Crippen LogP contribution >= 0.6 is 11.3 Å². The van der Waals surface area contributed by atoms with Gasteiger partial charge in [0.2, 0.25) is 5.95 Å². The van der Waals surface area contributed by atoms with Gasteiger partial charge in [0.1, 0.15) is 5.82 Å². The summed E-state index contributed by atoms with van der Waals surface area (Å²) < 4.78 is 0. The van der Waals surface area contributed by atoms with Crippen molar-refractivity contribution < 1.29 is 4.79 Å². The summed E-state index contributed by atoms with van der Waals surface area (Å²) in [5, 5.41) is 3.27. The molecule has 7 rings (SSSR count). The Morgan fingerprint density at radius 1 is 1.08 bits per heavy atom. The molecule has 4 aliphatic rings. The number of likely N-dealkylation sites (N-methyl/N-ethyl adjacent to an activating group) is 1. The third-order valence-electron chi connectivity index (χ3n) is 8.36. The summed E-state index contributed by atoms with van der Waals surface area (Å²) in [5.74, 6) is 1.36. The van der Waals surface area contributed by atoms with Gasteiger partial charge in [-0.2, -0.15) is 0 Å². The molecule has 0 radical (unpaired) electrons. The van der Waals surface area contributed by atoms with E-state index in [4.69, 9.17) is 4.98 Å². The van der Waals surface area contributed by atoms with Crippen molar-refractivity contribution in [3.8, 4) is 10.6 Å². The molecule has 3 fully saturated rings. The Kier molecular flexibility index (Phi) is 4.76. The lowest BCUT2D eigenvalue weighted by atomic mass is 9.72. The highest BCUT2D eigenvalue weighted by Gasteiger charge is 2.52. The molecule has 1 N–H and O–H groups in total. The molecule has 9 heteroatoms. The standard InChI is InChI=1S/C27H31N7OS/c1-4-33-12-26(13-33)14-34(15-26)18-5-6-21(28-11-18)30-25-29-10-17(2)22(31-25)20-9-19-23(36-20)27(7-8-27)16-32(3)24(19)35/h5-6,9-11H,4,7-8,12-16H2,1-3H3,(H,28,29,30,31). The quantitative estimate of drug-likeness (QED) is 0.568. The lowest BCUT2D eigenvalue weighted by Crippen LogP contribution is -2.72. The average molecular weight is 502 g/mol. The van der Waals surface area contributed by atoms with Gasteiger partial charge in [0.15, 0.2) is 0 Å². The molecule has 1 amide bonds. The smallest absolute Gasteiger partial charge is 0.254 e. The summed E-state index contributed by atoms with van der Waals surface area (Å²) in [6, 6.07) is 6.15. The molecule has 8 nitrogen and oxygen atoms in total. The van der Waals surface area contributed by atoms with E-state index in [9.17, 15) is 4.79 Å². The maximum atomic E-state index is 12.8. The first-order valence-corrected chi connectivity index (χ1v) is 13.6. The zero-order valence-electron chi connectivity index (χ0n) is 21.0. The number of rotatable bonds is 5. The van der Waals surface area contributed by atoms with Gasteiger partial charge >= 0.3 is 0 Å². The molecule has 186 valence electrons. The Labute approximate surface area is 215 Å². The second-order valence-corrected chi connectivity index (χ2v) is 12.3. The van der Waals surface area contributed by atoms with E-state index < -0.39 is 0 Å². The van der Waals surface area contributed by atoms with Gasteiger partial charge in [-0.3, -0.25) is 4.79 Å². The maximum Gasteiger partial charge on any atom is 0.254 e. The van der Waals surface area contributed by atoms with Crippen molar-refractivity contribution in [2.45, 2.75) is 32.1 Å². The predicted molar refractivity (Wildman–Crippen MR) is 142 cm³/mol. The number of carbonyl (C=O) groups is 1. The fraction of sp³-hybridized carbons (Fsp3) is 0.481. The number of thiophene rings is 1. The number of nitrogens with zero attached hydrogens (tertiary/aromatic N) is 6. The second kappa shape index (κ2) is 7.73. The maximum absolute atomic E-state index is 12.8. The first-order valence-electron chi connectivity index (χ1n) is 12.8. The molecule has 2 saturated heterocycles. The lowest BCUT2D eigenvalue weighted by molar-refractivity contribution is -0.0178. The van der Waals surface area contributed by atoms with Crippen LogP contribution in [0.5, 0.6) is 0 Å². The Morgan fingerprint density at radius 3 is 2.58 bits per heavy atom. The first kappa shape index (κ1) is 22.2. The summed E-state index contributed by atoms with van der Waals surface area (Å²) in [6.45, 7) is 10.9. The molecule has 3 aliphatic heterocycles. The summed E-state index contributed by atoms with van der Waals surface area (Å²) in [5.41, 5.74) is 4.56. The summed E-state index contributed by atoms with van der Waals surface area (Å²) in [6.07, 6.45) is 6.09. The summed E-state index contributed by atoms with van der Waals surface area (Å²) in [7, 11) is 1.91. The minimum Gasteiger partial charge on any atom is -0.369 e. The van der Waals surface area contributed by atoms with Gasteiger partial charge < -0.3 is 20.0 Å². The molecule has 6 heterocycles. The fourth-order valence-corrected chi connectivity index (χ4v) is 7.63. The topological polar surface area (TPSA) is 77.5 Å². The third-order valence-corrected chi connectivity index (χ3v) is 9.75. The molecule has 0 atom stereocenters. The number of hydrogen-bond donors (Lipinski definition) is 1. The van der Waals surface area contributed by atoms with Gasteiger partial charge in [0, 0.05) is 61.7 Å². The van der Waals surface area contributed by atoms with E-state index in [0.717, 1.165) is 66.5 Å². The van der Waals surface area contributed by atoms with Gasteiger partial charge in [0.25, 0.3) is 5.91 Å². The van der Waals surface area contributed by atoms with Crippen molar-refractivity contribution in [2.24, 2.45) is 5.41 Å². The van der Waals surface area contributed by atoms with E-state index in [1.807, 2.05) is 43.4 Å². The normalized spacial score (nSPS) is 21.4. The number of pyridine rings is 1. The highest BCUT2D eigenvalue weighted by Crippen LogP contribution is 2.55. The number of aromatic nitrogens is 3. The third kappa shape index (κ3) is 3.43. The first-order chi connectivity index (χ1) is 17.4. The summed E-state index contributed by atoms with van der Waals surface area (Å²) in [4.78, 5) is 35.9. The lowest BCUT2D eigenvalue weighted by Gasteiger charge is -2.61. The van der Waals surface area contributed by atoms with E-state index in [1.54, 1.807) is 11.3 Å². The number of likely N-dealkylation sites (tertiary alicyclic amines) is 1. The number of fused-ring (bicyclic) bond motifs is 2. The molecule has 2 spiro atoms. The predicted octanol–water partition coefficient (Wildman–Crippen LogP) is 3.91. The molecule has 0 unspecified atom stereocenters. The molecular formula is C27H31N7OS. The number of nitrogens with one attached hydrogen (secondary N) is 1. The Bertz CT molecular complexity index is 1350. The molecular weight excluding hydrogens is 470 g/mol. The zero-order chi connectivity index (χ0) is 24.7. The minimum absolute atomic E-state index is 0.118. The number of aryl methyl sites for hydroxylation is 1. The van der Waals surface area contributed by atoms with Crippen molar-refractivity contribution in [2.75, 3.05) is 56.5 Å². The minimum atomic E-state index is 0.118.